The maximum atomic E-state index is 10.8. The van der Waals surface area contributed by atoms with Gasteiger partial charge in [0.05, 0.1) is 0 Å². The van der Waals surface area contributed by atoms with Gasteiger partial charge in [-0.3, -0.25) is 4.79 Å². The third-order valence-electron chi connectivity index (χ3n) is 3.63. The molecular formula is C19H21ClO4. The summed E-state index contributed by atoms with van der Waals surface area (Å²) in [4.78, 5) is 10.8. The first kappa shape index (κ1) is 18.1. The molecule has 0 saturated heterocycles. The highest BCUT2D eigenvalue weighted by atomic mass is 35.5. The fourth-order valence-corrected chi connectivity index (χ4v) is 2.64. The van der Waals surface area contributed by atoms with Crippen LogP contribution in [0, 0.1) is 13.8 Å². The van der Waals surface area contributed by atoms with Gasteiger partial charge in [0, 0.05) is 11.4 Å². The Balaban J connectivity index is 1.93. The highest BCUT2D eigenvalue weighted by molar-refractivity contribution is 6.30. The van der Waals surface area contributed by atoms with Gasteiger partial charge in [0.15, 0.2) is 0 Å². The van der Waals surface area contributed by atoms with Gasteiger partial charge in [0.25, 0.3) is 0 Å². The number of aryl methyl sites for hydroxylation is 3. The van der Waals surface area contributed by atoms with Crippen molar-refractivity contribution >= 4 is 17.6 Å². The molecule has 0 aliphatic heterocycles. The zero-order chi connectivity index (χ0) is 17.5. The molecule has 0 unspecified atom stereocenters. The molecule has 0 aliphatic carbocycles. The fraction of sp³-hybridized carbons (Fsp3) is 0.316. The quantitative estimate of drug-likeness (QED) is 0.717. The summed E-state index contributed by atoms with van der Waals surface area (Å²) in [5.74, 6) is 0.674. The average Bonchev–Trinajstić information content (AvgIpc) is 2.53. The third-order valence-corrected chi connectivity index (χ3v) is 3.86. The number of aliphatic carboxylic acids is 1. The van der Waals surface area contributed by atoms with E-state index in [1.807, 2.05) is 32.0 Å². The standard InChI is InChI=1S/C19H21ClO4/c1-13-4-3-5-14(2)19(13)24-11-10-23-17-8-7-16(20)12-15(17)6-9-18(21)22/h3-5,7-8,12H,6,9-11H2,1-2H3,(H,21,22). The van der Waals surface area contributed by atoms with Crippen molar-refractivity contribution in [3.63, 3.8) is 0 Å². The lowest BCUT2D eigenvalue weighted by molar-refractivity contribution is -0.136. The van der Waals surface area contributed by atoms with Crippen molar-refractivity contribution in [3.05, 3.63) is 58.1 Å². The number of carboxylic acids is 1. The Kier molecular flexibility index (Phi) is 6.50. The third kappa shape index (κ3) is 5.17. The van der Waals surface area contributed by atoms with Crippen LogP contribution in [-0.2, 0) is 11.2 Å². The summed E-state index contributed by atoms with van der Waals surface area (Å²) in [7, 11) is 0. The highest BCUT2D eigenvalue weighted by Gasteiger charge is 2.08. The lowest BCUT2D eigenvalue weighted by atomic mass is 10.1. The summed E-state index contributed by atoms with van der Waals surface area (Å²) in [5, 5.41) is 9.40. The Hall–Kier alpha value is -2.20. The van der Waals surface area contributed by atoms with Gasteiger partial charge < -0.3 is 14.6 Å². The second kappa shape index (κ2) is 8.60. The molecule has 0 aromatic heterocycles. The van der Waals surface area contributed by atoms with Crippen molar-refractivity contribution in [1.29, 1.82) is 0 Å². The first-order chi connectivity index (χ1) is 11.5. The first-order valence-electron chi connectivity index (χ1n) is 7.79. The molecule has 4 nitrogen and oxygen atoms in total. The second-order valence-corrected chi connectivity index (χ2v) is 6.00. The Morgan fingerprint density at radius 1 is 1.08 bits per heavy atom. The molecule has 128 valence electrons. The van der Waals surface area contributed by atoms with Crippen LogP contribution in [0.15, 0.2) is 36.4 Å². The van der Waals surface area contributed by atoms with Crippen LogP contribution < -0.4 is 9.47 Å². The number of halogens is 1. The molecule has 0 atom stereocenters. The smallest absolute Gasteiger partial charge is 0.303 e. The van der Waals surface area contributed by atoms with Gasteiger partial charge in [-0.05, 0) is 55.2 Å². The predicted molar refractivity (Wildman–Crippen MR) is 94.3 cm³/mol. The molecular weight excluding hydrogens is 328 g/mol. The number of carboxylic acid groups (broad SMARTS) is 1. The molecule has 1 N–H and O–H groups in total. The monoisotopic (exact) mass is 348 g/mol. The highest BCUT2D eigenvalue weighted by Crippen LogP contribution is 2.25. The van der Waals surface area contributed by atoms with Crippen LogP contribution in [0.25, 0.3) is 0 Å². The van der Waals surface area contributed by atoms with E-state index < -0.39 is 5.97 Å². The number of benzene rings is 2. The number of hydrogen-bond acceptors (Lipinski definition) is 3. The van der Waals surface area contributed by atoms with Crippen LogP contribution in [0.1, 0.15) is 23.1 Å². The van der Waals surface area contributed by atoms with Gasteiger partial charge in [0.2, 0.25) is 0 Å². The van der Waals surface area contributed by atoms with E-state index in [-0.39, 0.29) is 6.42 Å². The topological polar surface area (TPSA) is 55.8 Å². The van der Waals surface area contributed by atoms with E-state index in [1.165, 1.54) is 0 Å². The molecule has 0 spiro atoms. The molecule has 0 bridgehead atoms. The second-order valence-electron chi connectivity index (χ2n) is 5.56. The number of hydrogen-bond donors (Lipinski definition) is 1. The van der Waals surface area contributed by atoms with Crippen molar-refractivity contribution in [3.8, 4) is 11.5 Å². The van der Waals surface area contributed by atoms with Crippen LogP contribution >= 0.6 is 11.6 Å². The fourth-order valence-electron chi connectivity index (χ4n) is 2.45. The van der Waals surface area contributed by atoms with Gasteiger partial charge in [-0.2, -0.15) is 0 Å². The molecule has 2 aromatic rings. The van der Waals surface area contributed by atoms with Crippen molar-refractivity contribution in [2.45, 2.75) is 26.7 Å². The number of carbonyl (C=O) groups is 1. The lowest BCUT2D eigenvalue weighted by Gasteiger charge is -2.14. The Bertz CT molecular complexity index is 692. The molecule has 0 aliphatic rings. The molecule has 24 heavy (non-hydrogen) atoms. The maximum absolute atomic E-state index is 10.8. The summed E-state index contributed by atoms with van der Waals surface area (Å²) in [6.07, 6.45) is 0.415. The van der Waals surface area contributed by atoms with Gasteiger partial charge in [-0.1, -0.05) is 29.8 Å². The minimum absolute atomic E-state index is 0.0373. The molecule has 0 fully saturated rings. The summed E-state index contributed by atoms with van der Waals surface area (Å²) in [6.45, 7) is 4.79. The molecule has 0 heterocycles. The van der Waals surface area contributed by atoms with E-state index >= 15 is 0 Å². The minimum atomic E-state index is -0.848. The van der Waals surface area contributed by atoms with E-state index in [0.29, 0.717) is 30.4 Å². The summed E-state index contributed by atoms with van der Waals surface area (Å²) < 4.78 is 11.6. The predicted octanol–water partition coefficient (Wildman–Crippen LogP) is 4.43. The minimum Gasteiger partial charge on any atom is -0.490 e. The number of rotatable bonds is 8. The molecule has 2 aromatic carbocycles. The van der Waals surface area contributed by atoms with Crippen LogP contribution in [0.4, 0.5) is 0 Å². The van der Waals surface area contributed by atoms with Crippen LogP contribution in [0.2, 0.25) is 5.02 Å². The SMILES string of the molecule is Cc1cccc(C)c1OCCOc1ccc(Cl)cc1CCC(=O)O. The van der Waals surface area contributed by atoms with Gasteiger partial charge >= 0.3 is 5.97 Å². The average molecular weight is 349 g/mol. The zero-order valence-electron chi connectivity index (χ0n) is 13.8. The summed E-state index contributed by atoms with van der Waals surface area (Å²) in [5.41, 5.74) is 2.96. The number of para-hydroxylation sites is 1. The van der Waals surface area contributed by atoms with Crippen molar-refractivity contribution in [1.82, 2.24) is 0 Å². The van der Waals surface area contributed by atoms with Gasteiger partial charge in [0.1, 0.15) is 24.7 Å². The van der Waals surface area contributed by atoms with E-state index in [9.17, 15) is 4.79 Å². The number of ether oxygens (including phenoxy) is 2. The van der Waals surface area contributed by atoms with Crippen molar-refractivity contribution < 1.29 is 19.4 Å². The molecule has 0 saturated carbocycles. The Labute approximate surface area is 147 Å². The van der Waals surface area contributed by atoms with E-state index in [0.717, 1.165) is 22.4 Å². The molecule has 5 heteroatoms. The Morgan fingerprint density at radius 2 is 1.75 bits per heavy atom. The molecule has 0 radical (unpaired) electrons. The maximum Gasteiger partial charge on any atom is 0.303 e. The van der Waals surface area contributed by atoms with Crippen LogP contribution in [0.3, 0.4) is 0 Å². The zero-order valence-corrected chi connectivity index (χ0v) is 14.6. The normalized spacial score (nSPS) is 10.5. The Morgan fingerprint density at radius 3 is 2.42 bits per heavy atom. The van der Waals surface area contributed by atoms with Gasteiger partial charge in [-0.15, -0.1) is 0 Å². The molecule has 2 rings (SSSR count). The first-order valence-corrected chi connectivity index (χ1v) is 8.17. The summed E-state index contributed by atoms with van der Waals surface area (Å²) in [6, 6.07) is 11.2. The largest absolute Gasteiger partial charge is 0.490 e. The van der Waals surface area contributed by atoms with E-state index in [2.05, 4.69) is 0 Å². The van der Waals surface area contributed by atoms with Crippen LogP contribution in [0.5, 0.6) is 11.5 Å². The van der Waals surface area contributed by atoms with E-state index in [4.69, 9.17) is 26.2 Å². The van der Waals surface area contributed by atoms with Crippen molar-refractivity contribution in [2.75, 3.05) is 13.2 Å². The summed E-state index contributed by atoms with van der Waals surface area (Å²) >= 11 is 5.98. The van der Waals surface area contributed by atoms with Gasteiger partial charge in [-0.25, -0.2) is 0 Å². The van der Waals surface area contributed by atoms with Crippen LogP contribution in [-0.4, -0.2) is 24.3 Å². The molecule has 0 amide bonds. The van der Waals surface area contributed by atoms with E-state index in [1.54, 1.807) is 18.2 Å². The van der Waals surface area contributed by atoms with Crippen molar-refractivity contribution in [2.24, 2.45) is 0 Å². The lowest BCUT2D eigenvalue weighted by Crippen LogP contribution is -2.11.